The molecule has 0 bridgehead atoms. The fourth-order valence-electron chi connectivity index (χ4n) is 3.73. The SMILES string of the molecule is COc1ccc(CCNC(=O)C2CCN(S(=O)(=O)c3cn(C(C)C)cn3)CC2)cc1OC. The Labute approximate surface area is 189 Å². The van der Waals surface area contributed by atoms with Crippen LogP contribution in [0.4, 0.5) is 0 Å². The quantitative estimate of drug-likeness (QED) is 0.611. The average Bonchev–Trinajstić information content (AvgIpc) is 3.30. The number of methoxy groups -OCH3 is 2. The lowest BCUT2D eigenvalue weighted by Crippen LogP contribution is -2.43. The lowest BCUT2D eigenvalue weighted by atomic mass is 9.97. The van der Waals surface area contributed by atoms with E-state index < -0.39 is 10.0 Å². The molecule has 1 aliphatic rings. The number of imidazole rings is 1. The molecule has 1 fully saturated rings. The Morgan fingerprint density at radius 3 is 2.47 bits per heavy atom. The minimum absolute atomic E-state index is 0.0355. The Morgan fingerprint density at radius 2 is 1.88 bits per heavy atom. The molecule has 0 unspecified atom stereocenters. The molecule has 2 aromatic rings. The number of amides is 1. The number of piperidine rings is 1. The van der Waals surface area contributed by atoms with Gasteiger partial charge < -0.3 is 19.4 Å². The van der Waals surface area contributed by atoms with Crippen LogP contribution in [0.1, 0.15) is 38.3 Å². The zero-order chi connectivity index (χ0) is 23.3. The van der Waals surface area contributed by atoms with Gasteiger partial charge in [-0.3, -0.25) is 4.79 Å². The van der Waals surface area contributed by atoms with Crippen LogP contribution in [0.25, 0.3) is 0 Å². The summed E-state index contributed by atoms with van der Waals surface area (Å²) in [5, 5.41) is 3.03. The van der Waals surface area contributed by atoms with Crippen LogP contribution >= 0.6 is 0 Å². The summed E-state index contributed by atoms with van der Waals surface area (Å²) in [7, 11) is -0.463. The number of aromatic nitrogens is 2. The van der Waals surface area contributed by atoms with E-state index in [0.717, 1.165) is 5.56 Å². The molecule has 1 aromatic carbocycles. The monoisotopic (exact) mass is 464 g/mol. The number of nitrogens with zero attached hydrogens (tertiary/aromatic N) is 3. The third kappa shape index (κ3) is 5.42. The van der Waals surface area contributed by atoms with E-state index >= 15 is 0 Å². The highest BCUT2D eigenvalue weighted by Gasteiger charge is 2.33. The standard InChI is InChI=1S/C22H32N4O5S/c1-16(2)25-14-21(24-15-25)32(28,29)26-11-8-18(9-12-26)22(27)23-10-7-17-5-6-19(30-3)20(13-17)31-4/h5-6,13-16,18H,7-12H2,1-4H3,(H,23,27). The van der Waals surface area contributed by atoms with Gasteiger partial charge in [0.05, 0.1) is 20.5 Å². The minimum atomic E-state index is -3.64. The van der Waals surface area contributed by atoms with Crippen LogP contribution in [-0.4, -0.2) is 62.0 Å². The minimum Gasteiger partial charge on any atom is -0.493 e. The van der Waals surface area contributed by atoms with E-state index in [1.165, 1.54) is 10.6 Å². The number of hydrogen-bond acceptors (Lipinski definition) is 6. The number of rotatable bonds is 9. The summed E-state index contributed by atoms with van der Waals surface area (Å²) in [5.74, 6) is 1.09. The smallest absolute Gasteiger partial charge is 0.262 e. The molecule has 1 N–H and O–H groups in total. The Morgan fingerprint density at radius 1 is 1.19 bits per heavy atom. The van der Waals surface area contributed by atoms with Gasteiger partial charge in [-0.2, -0.15) is 4.31 Å². The maximum absolute atomic E-state index is 12.9. The molecule has 0 atom stereocenters. The Bertz CT molecular complexity index is 1030. The first-order valence-electron chi connectivity index (χ1n) is 10.8. The zero-order valence-corrected chi connectivity index (χ0v) is 19.9. The number of carbonyl (C=O) groups excluding carboxylic acids is 1. The van der Waals surface area contributed by atoms with Gasteiger partial charge in [0.25, 0.3) is 10.0 Å². The van der Waals surface area contributed by atoms with Gasteiger partial charge in [0.15, 0.2) is 16.5 Å². The lowest BCUT2D eigenvalue weighted by Gasteiger charge is -2.30. The van der Waals surface area contributed by atoms with E-state index in [2.05, 4.69) is 10.3 Å². The average molecular weight is 465 g/mol. The number of ether oxygens (including phenoxy) is 2. The van der Waals surface area contributed by atoms with E-state index in [0.29, 0.717) is 50.4 Å². The van der Waals surface area contributed by atoms with Gasteiger partial charge in [-0.25, -0.2) is 13.4 Å². The molecular weight excluding hydrogens is 432 g/mol. The molecule has 0 saturated carbocycles. The summed E-state index contributed by atoms with van der Waals surface area (Å²) >= 11 is 0. The van der Waals surface area contributed by atoms with Gasteiger partial charge in [0.1, 0.15) is 0 Å². The first-order chi connectivity index (χ1) is 15.3. The van der Waals surface area contributed by atoms with Crippen molar-refractivity contribution in [3.05, 3.63) is 36.3 Å². The molecule has 1 aliphatic heterocycles. The fraction of sp³-hybridized carbons (Fsp3) is 0.545. The molecule has 32 heavy (non-hydrogen) atoms. The fourth-order valence-corrected chi connectivity index (χ4v) is 5.13. The second kappa shape index (κ2) is 10.4. The van der Waals surface area contributed by atoms with E-state index in [4.69, 9.17) is 9.47 Å². The molecule has 3 rings (SSSR count). The summed E-state index contributed by atoms with van der Waals surface area (Å²) in [4.78, 5) is 16.6. The number of benzene rings is 1. The topological polar surface area (TPSA) is 103 Å². The van der Waals surface area contributed by atoms with Gasteiger partial charge >= 0.3 is 0 Å². The predicted octanol–water partition coefficient (Wildman–Crippen LogP) is 2.24. The molecule has 0 aliphatic carbocycles. The highest BCUT2D eigenvalue weighted by Crippen LogP contribution is 2.28. The van der Waals surface area contributed by atoms with Crippen molar-refractivity contribution in [2.75, 3.05) is 33.9 Å². The maximum atomic E-state index is 12.9. The second-order valence-corrected chi connectivity index (χ2v) is 10.0. The van der Waals surface area contributed by atoms with Gasteiger partial charge in [-0.05, 0) is 50.8 Å². The first kappa shape index (κ1) is 24.1. The molecule has 1 amide bonds. The molecule has 9 nitrogen and oxygen atoms in total. The van der Waals surface area contributed by atoms with E-state index in [1.54, 1.807) is 25.0 Å². The predicted molar refractivity (Wildman–Crippen MR) is 120 cm³/mol. The number of hydrogen-bond donors (Lipinski definition) is 1. The summed E-state index contributed by atoms with van der Waals surface area (Å²) < 4.78 is 39.5. The van der Waals surface area contributed by atoms with Gasteiger partial charge in [-0.1, -0.05) is 6.07 Å². The molecule has 0 spiro atoms. The Kier molecular flexibility index (Phi) is 7.78. The second-order valence-electron chi connectivity index (χ2n) is 8.16. The van der Waals surface area contributed by atoms with Crippen LogP contribution in [0.3, 0.4) is 0 Å². The van der Waals surface area contributed by atoms with E-state index in [-0.39, 0.29) is 22.9 Å². The third-order valence-electron chi connectivity index (χ3n) is 5.76. The van der Waals surface area contributed by atoms with Crippen molar-refractivity contribution in [1.82, 2.24) is 19.2 Å². The first-order valence-corrected chi connectivity index (χ1v) is 12.2. The Hall–Kier alpha value is -2.59. The molecule has 1 saturated heterocycles. The van der Waals surface area contributed by atoms with Crippen LogP contribution in [-0.2, 0) is 21.2 Å². The molecule has 0 radical (unpaired) electrons. The van der Waals surface area contributed by atoms with Crippen LogP contribution < -0.4 is 14.8 Å². The molecule has 2 heterocycles. The number of sulfonamides is 1. The van der Waals surface area contributed by atoms with Crippen LogP contribution in [0.15, 0.2) is 35.7 Å². The van der Waals surface area contributed by atoms with Gasteiger partial charge in [0.2, 0.25) is 5.91 Å². The highest BCUT2D eigenvalue weighted by molar-refractivity contribution is 7.89. The van der Waals surface area contributed by atoms with Crippen molar-refractivity contribution >= 4 is 15.9 Å². The van der Waals surface area contributed by atoms with Crippen molar-refractivity contribution in [2.45, 2.75) is 44.2 Å². The summed E-state index contributed by atoms with van der Waals surface area (Å²) in [6, 6.07) is 5.82. The zero-order valence-electron chi connectivity index (χ0n) is 19.1. The van der Waals surface area contributed by atoms with Crippen LogP contribution in [0.2, 0.25) is 0 Å². The van der Waals surface area contributed by atoms with Crippen molar-refractivity contribution in [2.24, 2.45) is 5.92 Å². The molecule has 10 heteroatoms. The summed E-state index contributed by atoms with van der Waals surface area (Å²) in [6.07, 6.45) is 4.75. The molecule has 1 aromatic heterocycles. The third-order valence-corrected chi connectivity index (χ3v) is 7.55. The van der Waals surface area contributed by atoms with Crippen LogP contribution in [0.5, 0.6) is 11.5 Å². The summed E-state index contributed by atoms with van der Waals surface area (Å²) in [6.45, 7) is 5.05. The van der Waals surface area contributed by atoms with E-state index in [9.17, 15) is 13.2 Å². The lowest BCUT2D eigenvalue weighted by molar-refractivity contribution is -0.126. The number of nitrogens with one attached hydrogen (secondary N) is 1. The Balaban J connectivity index is 1.49. The van der Waals surface area contributed by atoms with Gasteiger partial charge in [-0.15, -0.1) is 0 Å². The molecular formula is C22H32N4O5S. The van der Waals surface area contributed by atoms with Gasteiger partial charge in [0, 0.05) is 37.8 Å². The van der Waals surface area contributed by atoms with E-state index in [1.807, 2.05) is 32.0 Å². The molecule has 176 valence electrons. The van der Waals surface area contributed by atoms with Crippen molar-refractivity contribution in [3.8, 4) is 11.5 Å². The normalized spacial score (nSPS) is 15.7. The number of carbonyl (C=O) groups is 1. The highest BCUT2D eigenvalue weighted by atomic mass is 32.2. The summed E-state index contributed by atoms with van der Waals surface area (Å²) in [5.41, 5.74) is 1.03. The largest absolute Gasteiger partial charge is 0.493 e. The van der Waals surface area contributed by atoms with Crippen molar-refractivity contribution < 1.29 is 22.7 Å². The van der Waals surface area contributed by atoms with Crippen LogP contribution in [0, 0.1) is 5.92 Å². The maximum Gasteiger partial charge on any atom is 0.262 e. The van der Waals surface area contributed by atoms with Crippen molar-refractivity contribution in [3.63, 3.8) is 0 Å². The van der Waals surface area contributed by atoms with Crippen molar-refractivity contribution in [1.29, 1.82) is 0 Å².